The van der Waals surface area contributed by atoms with Gasteiger partial charge in [-0.1, -0.05) is 24.4 Å². The number of likely N-dealkylation sites (tertiary alicyclic amines) is 1. The molecular weight excluding hydrogens is 392 g/mol. The number of H-pyrrole nitrogens is 1. The van der Waals surface area contributed by atoms with E-state index in [4.69, 9.17) is 9.51 Å². The fourth-order valence-electron chi connectivity index (χ4n) is 4.93. The van der Waals surface area contributed by atoms with Crippen LogP contribution >= 0.6 is 0 Å². The fourth-order valence-corrected chi connectivity index (χ4v) is 4.93. The van der Waals surface area contributed by atoms with E-state index in [9.17, 15) is 4.79 Å². The van der Waals surface area contributed by atoms with Gasteiger partial charge in [0.05, 0.1) is 22.8 Å². The van der Waals surface area contributed by atoms with Gasteiger partial charge in [-0.25, -0.2) is 4.98 Å². The number of pyridine rings is 1. The molecule has 1 unspecified atom stereocenters. The number of nitrogens with zero attached hydrogens (tertiary/aromatic N) is 4. The van der Waals surface area contributed by atoms with Crippen LogP contribution in [0.15, 0.2) is 22.7 Å². The Balaban J connectivity index is 1.36. The number of nitrogens with one attached hydrogen (secondary N) is 2. The first kappa shape index (κ1) is 20.0. The van der Waals surface area contributed by atoms with Crippen LogP contribution in [-0.4, -0.2) is 43.7 Å². The number of hydrogen-bond acceptors (Lipinski definition) is 6. The molecule has 1 atom stereocenters. The summed E-state index contributed by atoms with van der Waals surface area (Å²) in [6.45, 7) is 4.85. The van der Waals surface area contributed by atoms with Crippen LogP contribution in [0, 0.1) is 0 Å². The van der Waals surface area contributed by atoms with Crippen molar-refractivity contribution in [2.24, 2.45) is 0 Å². The SMILES string of the molecule is CC(C)Nc1n[nH]c2nc(C3CCCN3C(=O)c3cc(C4CCCCC4)no3)ccc12. The van der Waals surface area contributed by atoms with Crippen molar-refractivity contribution in [3.8, 4) is 0 Å². The van der Waals surface area contributed by atoms with Crippen molar-refractivity contribution >= 4 is 22.8 Å². The zero-order valence-corrected chi connectivity index (χ0v) is 18.2. The van der Waals surface area contributed by atoms with Crippen molar-refractivity contribution in [2.45, 2.75) is 76.8 Å². The van der Waals surface area contributed by atoms with E-state index in [0.29, 0.717) is 18.2 Å². The minimum Gasteiger partial charge on any atom is -0.366 e. The molecule has 8 nitrogen and oxygen atoms in total. The van der Waals surface area contributed by atoms with Gasteiger partial charge in [-0.05, 0) is 51.7 Å². The van der Waals surface area contributed by atoms with Crippen LogP contribution in [0.25, 0.3) is 11.0 Å². The lowest BCUT2D eigenvalue weighted by Crippen LogP contribution is -2.30. The topological polar surface area (TPSA) is 99.9 Å². The molecule has 3 aromatic rings. The summed E-state index contributed by atoms with van der Waals surface area (Å²) < 4.78 is 5.50. The van der Waals surface area contributed by atoms with E-state index >= 15 is 0 Å². The highest BCUT2D eigenvalue weighted by Crippen LogP contribution is 2.35. The molecule has 31 heavy (non-hydrogen) atoms. The Hall–Kier alpha value is -2.90. The van der Waals surface area contributed by atoms with Gasteiger partial charge in [0.2, 0.25) is 5.76 Å². The summed E-state index contributed by atoms with van der Waals surface area (Å²) in [7, 11) is 0. The average Bonchev–Trinajstić information content (AvgIpc) is 3.53. The third kappa shape index (κ3) is 3.91. The number of rotatable bonds is 5. The summed E-state index contributed by atoms with van der Waals surface area (Å²) in [5.74, 6) is 1.48. The lowest BCUT2D eigenvalue weighted by atomic mass is 9.87. The van der Waals surface area contributed by atoms with Crippen LogP contribution in [-0.2, 0) is 0 Å². The Kier molecular flexibility index (Phi) is 5.38. The first-order valence-electron chi connectivity index (χ1n) is 11.5. The van der Waals surface area contributed by atoms with E-state index in [-0.39, 0.29) is 18.0 Å². The van der Waals surface area contributed by atoms with E-state index in [0.717, 1.165) is 53.9 Å². The van der Waals surface area contributed by atoms with Crippen molar-refractivity contribution in [3.63, 3.8) is 0 Å². The van der Waals surface area contributed by atoms with E-state index < -0.39 is 0 Å². The number of hydrogen-bond donors (Lipinski definition) is 2. The van der Waals surface area contributed by atoms with Crippen molar-refractivity contribution in [1.29, 1.82) is 0 Å². The first-order valence-corrected chi connectivity index (χ1v) is 11.5. The number of carbonyl (C=O) groups is 1. The summed E-state index contributed by atoms with van der Waals surface area (Å²) in [6, 6.07) is 6.12. The molecule has 4 heterocycles. The van der Waals surface area contributed by atoms with Gasteiger partial charge in [0.25, 0.3) is 5.91 Å². The first-order chi connectivity index (χ1) is 15.1. The molecule has 1 saturated heterocycles. The average molecular weight is 423 g/mol. The minimum atomic E-state index is -0.0919. The molecule has 0 radical (unpaired) electrons. The summed E-state index contributed by atoms with van der Waals surface area (Å²) in [4.78, 5) is 19.9. The molecule has 0 aromatic carbocycles. The monoisotopic (exact) mass is 422 g/mol. The van der Waals surface area contributed by atoms with Gasteiger partial charge in [0, 0.05) is 24.6 Å². The van der Waals surface area contributed by atoms with Gasteiger partial charge in [0.1, 0.15) is 0 Å². The largest absolute Gasteiger partial charge is 0.366 e. The molecule has 2 fully saturated rings. The Labute approximate surface area is 181 Å². The molecule has 8 heteroatoms. The second-order valence-electron chi connectivity index (χ2n) is 9.11. The lowest BCUT2D eigenvalue weighted by molar-refractivity contribution is 0.0690. The molecule has 1 saturated carbocycles. The van der Waals surface area contributed by atoms with Crippen molar-refractivity contribution < 1.29 is 9.32 Å². The van der Waals surface area contributed by atoms with Gasteiger partial charge >= 0.3 is 0 Å². The Morgan fingerprint density at radius 1 is 1.16 bits per heavy atom. The van der Waals surface area contributed by atoms with E-state index in [1.807, 2.05) is 23.1 Å². The Bertz CT molecular complexity index is 1070. The molecule has 1 aliphatic heterocycles. The van der Waals surface area contributed by atoms with Crippen molar-refractivity contribution in [3.05, 3.63) is 35.3 Å². The summed E-state index contributed by atoms with van der Waals surface area (Å²) >= 11 is 0. The Morgan fingerprint density at radius 3 is 2.81 bits per heavy atom. The van der Waals surface area contributed by atoms with E-state index in [2.05, 4.69) is 34.5 Å². The molecule has 164 valence electrons. The van der Waals surface area contributed by atoms with Crippen LogP contribution < -0.4 is 5.32 Å². The standard InChI is InChI=1S/C23H30N6O2/c1-14(2)24-21-16-10-11-17(25-22(16)27-26-21)19-9-6-12-29(19)23(30)20-13-18(28-31-20)15-7-4-3-5-8-15/h10-11,13-15,19H,3-9,12H2,1-2H3,(H2,24,25,26,27). The highest BCUT2D eigenvalue weighted by atomic mass is 16.5. The normalized spacial score (nSPS) is 20.1. The minimum absolute atomic E-state index is 0.0649. The quantitative estimate of drug-likeness (QED) is 0.613. The van der Waals surface area contributed by atoms with Crippen LogP contribution in [0.1, 0.15) is 92.7 Å². The van der Waals surface area contributed by atoms with Gasteiger partial charge in [-0.2, -0.15) is 5.10 Å². The number of amides is 1. The molecule has 0 spiro atoms. The second kappa shape index (κ2) is 8.32. The molecule has 5 rings (SSSR count). The molecule has 1 aliphatic carbocycles. The van der Waals surface area contributed by atoms with Crippen LogP contribution in [0.2, 0.25) is 0 Å². The lowest BCUT2D eigenvalue weighted by Gasteiger charge is -2.23. The van der Waals surface area contributed by atoms with Crippen molar-refractivity contribution in [2.75, 3.05) is 11.9 Å². The zero-order valence-electron chi connectivity index (χ0n) is 18.2. The second-order valence-corrected chi connectivity index (χ2v) is 9.11. The van der Waals surface area contributed by atoms with Crippen LogP contribution in [0.4, 0.5) is 5.82 Å². The molecule has 3 aromatic heterocycles. The third-order valence-corrected chi connectivity index (χ3v) is 6.49. The fraction of sp³-hybridized carbons (Fsp3) is 0.565. The van der Waals surface area contributed by atoms with Crippen LogP contribution in [0.5, 0.6) is 0 Å². The smallest absolute Gasteiger partial charge is 0.293 e. The Morgan fingerprint density at radius 2 is 2.00 bits per heavy atom. The summed E-state index contributed by atoms with van der Waals surface area (Å²) in [5, 5.41) is 15.9. The predicted octanol–water partition coefficient (Wildman–Crippen LogP) is 4.79. The number of anilines is 1. The van der Waals surface area contributed by atoms with E-state index in [1.54, 1.807) is 0 Å². The maximum absolute atomic E-state index is 13.3. The summed E-state index contributed by atoms with van der Waals surface area (Å²) in [6.07, 6.45) is 7.85. The van der Waals surface area contributed by atoms with E-state index in [1.165, 1.54) is 19.3 Å². The predicted molar refractivity (Wildman–Crippen MR) is 118 cm³/mol. The van der Waals surface area contributed by atoms with Gasteiger partial charge in [0.15, 0.2) is 11.5 Å². The van der Waals surface area contributed by atoms with Crippen molar-refractivity contribution in [1.82, 2.24) is 25.2 Å². The molecule has 2 N–H and O–H groups in total. The molecule has 0 bridgehead atoms. The van der Waals surface area contributed by atoms with Gasteiger partial charge < -0.3 is 14.7 Å². The van der Waals surface area contributed by atoms with Crippen LogP contribution in [0.3, 0.4) is 0 Å². The van der Waals surface area contributed by atoms with Gasteiger partial charge in [-0.3, -0.25) is 9.89 Å². The third-order valence-electron chi connectivity index (χ3n) is 6.49. The summed E-state index contributed by atoms with van der Waals surface area (Å²) in [5.41, 5.74) is 2.55. The number of fused-ring (bicyclic) bond motifs is 1. The number of aromatic amines is 1. The number of carbonyl (C=O) groups excluding carboxylic acids is 1. The number of aromatic nitrogens is 4. The van der Waals surface area contributed by atoms with Gasteiger partial charge in [-0.15, -0.1) is 0 Å². The highest BCUT2D eigenvalue weighted by Gasteiger charge is 2.34. The molecular formula is C23H30N6O2. The molecule has 2 aliphatic rings. The zero-order chi connectivity index (χ0) is 21.4. The molecule has 1 amide bonds. The maximum atomic E-state index is 13.3. The highest BCUT2D eigenvalue weighted by molar-refractivity contribution is 5.92. The maximum Gasteiger partial charge on any atom is 0.293 e.